The van der Waals surface area contributed by atoms with E-state index in [0.29, 0.717) is 5.56 Å². The number of esters is 1. The number of hydrogen-bond donors (Lipinski definition) is 1. The van der Waals surface area contributed by atoms with Crippen LogP contribution in [-0.2, 0) is 4.74 Å². The zero-order chi connectivity index (χ0) is 18.4. The number of halogens is 1. The molecule has 8 heteroatoms. The molecule has 0 radical (unpaired) electrons. The molecule has 2 heterocycles. The predicted octanol–water partition coefficient (Wildman–Crippen LogP) is 3.05. The molecule has 0 bridgehead atoms. The van der Waals surface area contributed by atoms with E-state index < -0.39 is 17.9 Å². The first-order valence-electron chi connectivity index (χ1n) is 7.67. The normalized spacial score (nSPS) is 11.6. The number of benzene rings is 1. The van der Waals surface area contributed by atoms with Crippen LogP contribution < -0.4 is 5.32 Å². The van der Waals surface area contributed by atoms with Gasteiger partial charge in [-0.1, -0.05) is 30.3 Å². The Morgan fingerprint density at radius 3 is 2.65 bits per heavy atom. The van der Waals surface area contributed by atoms with Crippen molar-refractivity contribution < 1.29 is 18.7 Å². The maximum absolute atomic E-state index is 12.3. The molecule has 2 aromatic heterocycles. The van der Waals surface area contributed by atoms with Crippen LogP contribution in [0, 0.1) is 0 Å². The van der Waals surface area contributed by atoms with Crippen LogP contribution in [-0.4, -0.2) is 28.5 Å². The summed E-state index contributed by atoms with van der Waals surface area (Å²) in [7, 11) is 0. The van der Waals surface area contributed by atoms with Crippen molar-refractivity contribution in [1.29, 1.82) is 0 Å². The number of carbonyl (C=O) groups excluding carboxylic acids is 2. The van der Waals surface area contributed by atoms with Crippen LogP contribution in [0.4, 0.5) is 0 Å². The summed E-state index contributed by atoms with van der Waals surface area (Å²) in [4.78, 5) is 32.1. The Kier molecular flexibility index (Phi) is 5.60. The number of aromatic nitrogens is 2. The molecule has 0 fully saturated rings. The van der Waals surface area contributed by atoms with Gasteiger partial charge < -0.3 is 14.5 Å². The zero-order valence-electron chi connectivity index (χ0n) is 13.5. The number of nitrogens with one attached hydrogen (secondary N) is 1. The molecule has 0 aliphatic heterocycles. The van der Waals surface area contributed by atoms with Crippen LogP contribution >= 0.6 is 11.6 Å². The summed E-state index contributed by atoms with van der Waals surface area (Å²) in [5.74, 6) is -1.02. The molecule has 3 aromatic rings. The molecule has 1 N–H and O–H groups in total. The molecule has 1 aromatic carbocycles. The molecule has 0 saturated heterocycles. The first kappa shape index (κ1) is 17.6. The van der Waals surface area contributed by atoms with Crippen molar-refractivity contribution in [3.8, 4) is 0 Å². The lowest BCUT2D eigenvalue weighted by molar-refractivity contribution is 0.0455. The van der Waals surface area contributed by atoms with Gasteiger partial charge in [-0.15, -0.1) is 0 Å². The molecular weight excluding hydrogens is 358 g/mol. The van der Waals surface area contributed by atoms with Crippen molar-refractivity contribution >= 4 is 23.5 Å². The third-order valence-electron chi connectivity index (χ3n) is 3.49. The summed E-state index contributed by atoms with van der Waals surface area (Å²) >= 11 is 5.60. The fraction of sp³-hybridized carbons (Fsp3) is 0.111. The number of amides is 1. The van der Waals surface area contributed by atoms with Gasteiger partial charge in [0.1, 0.15) is 12.9 Å². The summed E-state index contributed by atoms with van der Waals surface area (Å²) in [6, 6.07) is 11.8. The highest BCUT2D eigenvalue weighted by atomic mass is 35.5. The number of pyridine rings is 1. The number of rotatable bonds is 6. The van der Waals surface area contributed by atoms with Crippen LogP contribution in [0.1, 0.15) is 32.5 Å². The highest BCUT2D eigenvalue weighted by molar-refractivity contribution is 6.27. The van der Waals surface area contributed by atoms with Gasteiger partial charge in [0.25, 0.3) is 11.3 Å². The Morgan fingerprint density at radius 1 is 1.19 bits per heavy atom. The van der Waals surface area contributed by atoms with E-state index in [9.17, 15) is 9.59 Å². The molecule has 0 spiro atoms. The molecule has 0 aliphatic rings. The van der Waals surface area contributed by atoms with Crippen LogP contribution in [0.5, 0.6) is 0 Å². The smallest absolute Gasteiger partial charge is 0.339 e. The average Bonchev–Trinajstić information content (AvgIpc) is 3.12. The number of nitrogens with zero attached hydrogens (tertiary/aromatic N) is 2. The van der Waals surface area contributed by atoms with E-state index in [2.05, 4.69) is 15.3 Å². The molecule has 26 heavy (non-hydrogen) atoms. The minimum absolute atomic E-state index is 0.0366. The summed E-state index contributed by atoms with van der Waals surface area (Å²) in [5, 5.41) is 2.63. The maximum Gasteiger partial charge on any atom is 0.339 e. The molecule has 132 valence electrons. The van der Waals surface area contributed by atoms with Gasteiger partial charge in [-0.05, 0) is 29.3 Å². The monoisotopic (exact) mass is 371 g/mol. The molecule has 1 atom stereocenters. The van der Waals surface area contributed by atoms with E-state index in [1.54, 1.807) is 18.3 Å². The molecule has 7 nitrogen and oxygen atoms in total. The van der Waals surface area contributed by atoms with Gasteiger partial charge in [-0.3, -0.25) is 9.78 Å². The van der Waals surface area contributed by atoms with Crippen LogP contribution in [0.2, 0.25) is 5.35 Å². The largest absolute Gasteiger partial charge is 0.459 e. The van der Waals surface area contributed by atoms with Gasteiger partial charge in [-0.2, -0.15) is 4.98 Å². The molecule has 0 saturated carbocycles. The number of hydrogen-bond acceptors (Lipinski definition) is 6. The molecule has 3 rings (SSSR count). The first-order valence-corrected chi connectivity index (χ1v) is 8.05. The fourth-order valence-corrected chi connectivity index (χ4v) is 2.36. The van der Waals surface area contributed by atoms with E-state index in [-0.39, 0.29) is 17.7 Å². The van der Waals surface area contributed by atoms with E-state index in [1.165, 1.54) is 6.20 Å². The Bertz CT molecular complexity index is 884. The lowest BCUT2D eigenvalue weighted by Crippen LogP contribution is -2.32. The molecule has 1 amide bonds. The Morgan fingerprint density at radius 2 is 2.00 bits per heavy atom. The lowest BCUT2D eigenvalue weighted by atomic mass is 10.1. The van der Waals surface area contributed by atoms with E-state index in [4.69, 9.17) is 20.8 Å². The predicted molar refractivity (Wildman–Crippen MR) is 92.7 cm³/mol. The van der Waals surface area contributed by atoms with E-state index >= 15 is 0 Å². The second-order valence-electron chi connectivity index (χ2n) is 5.26. The Balaban J connectivity index is 1.71. The standard InChI is InChI=1S/C18H14ClN3O4/c19-18-22-15(11-26-18)16(23)21-14(12-5-2-1-3-6-12)10-25-17(24)13-7-4-8-20-9-13/h1-9,11,14H,10H2,(H,21,23)/t14-/m0/s1. The Labute approximate surface area is 154 Å². The highest BCUT2D eigenvalue weighted by Gasteiger charge is 2.20. The maximum atomic E-state index is 12.3. The first-order chi connectivity index (χ1) is 12.6. The fourth-order valence-electron chi connectivity index (χ4n) is 2.22. The van der Waals surface area contributed by atoms with Crippen LogP contribution in [0.3, 0.4) is 0 Å². The van der Waals surface area contributed by atoms with Crippen molar-refractivity contribution in [1.82, 2.24) is 15.3 Å². The van der Waals surface area contributed by atoms with Gasteiger partial charge in [-0.25, -0.2) is 4.79 Å². The second kappa shape index (κ2) is 8.26. The summed E-state index contributed by atoms with van der Waals surface area (Å²) in [6.07, 6.45) is 4.13. The summed E-state index contributed by atoms with van der Waals surface area (Å²) < 4.78 is 10.2. The second-order valence-corrected chi connectivity index (χ2v) is 5.59. The topological polar surface area (TPSA) is 94.3 Å². The van der Waals surface area contributed by atoms with Crippen molar-refractivity contribution in [2.45, 2.75) is 6.04 Å². The molecule has 0 unspecified atom stereocenters. The van der Waals surface area contributed by atoms with Crippen molar-refractivity contribution in [3.63, 3.8) is 0 Å². The van der Waals surface area contributed by atoms with Gasteiger partial charge >= 0.3 is 5.97 Å². The number of ether oxygens (including phenoxy) is 1. The lowest BCUT2D eigenvalue weighted by Gasteiger charge is -2.18. The van der Waals surface area contributed by atoms with Gasteiger partial charge in [0, 0.05) is 12.4 Å². The van der Waals surface area contributed by atoms with Crippen molar-refractivity contribution in [3.05, 3.63) is 83.3 Å². The molecule has 0 aliphatic carbocycles. The van der Waals surface area contributed by atoms with Crippen LogP contribution in [0.15, 0.2) is 65.5 Å². The van der Waals surface area contributed by atoms with Gasteiger partial charge in [0.15, 0.2) is 5.69 Å². The minimum Gasteiger partial charge on any atom is -0.459 e. The zero-order valence-corrected chi connectivity index (χ0v) is 14.2. The highest BCUT2D eigenvalue weighted by Crippen LogP contribution is 2.16. The van der Waals surface area contributed by atoms with Gasteiger partial charge in [0.05, 0.1) is 11.6 Å². The Hall–Kier alpha value is -3.19. The molecular formula is C18H14ClN3O4. The van der Waals surface area contributed by atoms with Crippen molar-refractivity contribution in [2.75, 3.05) is 6.61 Å². The van der Waals surface area contributed by atoms with Gasteiger partial charge in [0.2, 0.25) is 0 Å². The number of oxazole rings is 1. The quantitative estimate of drug-likeness (QED) is 0.669. The third kappa shape index (κ3) is 4.46. The van der Waals surface area contributed by atoms with Crippen molar-refractivity contribution in [2.24, 2.45) is 0 Å². The summed E-state index contributed by atoms with van der Waals surface area (Å²) in [6.45, 7) is -0.0605. The van der Waals surface area contributed by atoms with E-state index in [1.807, 2.05) is 30.3 Å². The number of carbonyl (C=O) groups is 2. The van der Waals surface area contributed by atoms with Crippen LogP contribution in [0.25, 0.3) is 0 Å². The minimum atomic E-state index is -0.570. The third-order valence-corrected chi connectivity index (χ3v) is 3.67. The van der Waals surface area contributed by atoms with E-state index in [0.717, 1.165) is 11.8 Å². The average molecular weight is 372 g/mol. The summed E-state index contributed by atoms with van der Waals surface area (Å²) in [5.41, 5.74) is 1.14. The SMILES string of the molecule is O=C(OC[C@H](NC(=O)c1coc(Cl)n1)c1ccccc1)c1cccnc1.